The van der Waals surface area contributed by atoms with E-state index in [-0.39, 0.29) is 0 Å². The molecule has 0 N–H and O–H groups in total. The third-order valence-corrected chi connectivity index (χ3v) is 10.9. The highest BCUT2D eigenvalue weighted by Gasteiger charge is 2.18. The molecule has 0 radical (unpaired) electrons. The van der Waals surface area contributed by atoms with Crippen LogP contribution < -0.4 is 4.90 Å². The van der Waals surface area contributed by atoms with Gasteiger partial charge in [0.05, 0.1) is 0 Å². The lowest BCUT2D eigenvalue weighted by Gasteiger charge is -2.26. The predicted molar refractivity (Wildman–Crippen MR) is 210 cm³/mol. The van der Waals surface area contributed by atoms with Crippen molar-refractivity contribution in [3.05, 3.63) is 176 Å². The maximum Gasteiger partial charge on any atom is 0.137 e. The first-order valence-corrected chi connectivity index (χ1v) is 17.4. The van der Waals surface area contributed by atoms with Crippen molar-refractivity contribution >= 4 is 81.3 Å². The van der Waals surface area contributed by atoms with Crippen LogP contribution in [-0.2, 0) is 0 Å². The molecule has 0 aliphatic heterocycles. The molecule has 10 rings (SSSR count). The molecule has 0 saturated heterocycles. The summed E-state index contributed by atoms with van der Waals surface area (Å²) in [7, 11) is 0. The number of hydrogen-bond donors (Lipinski definition) is 0. The van der Waals surface area contributed by atoms with E-state index in [9.17, 15) is 0 Å². The molecule has 0 bridgehead atoms. The van der Waals surface area contributed by atoms with E-state index in [1.807, 2.05) is 11.3 Å². The summed E-state index contributed by atoms with van der Waals surface area (Å²) in [5.74, 6) is 0. The van der Waals surface area contributed by atoms with Gasteiger partial charge in [0, 0.05) is 54.1 Å². The predicted octanol–water partition coefficient (Wildman–Crippen LogP) is 13.9. The molecule has 0 fully saturated rings. The maximum atomic E-state index is 6.54. The van der Waals surface area contributed by atoms with Gasteiger partial charge in [-0.25, -0.2) is 0 Å². The van der Waals surface area contributed by atoms with Gasteiger partial charge in [-0.15, -0.1) is 11.3 Å². The van der Waals surface area contributed by atoms with Crippen LogP contribution >= 0.6 is 11.3 Å². The van der Waals surface area contributed by atoms with Crippen LogP contribution in [0.3, 0.4) is 0 Å². The zero-order chi connectivity index (χ0) is 32.3. The summed E-state index contributed by atoms with van der Waals surface area (Å²) in [6.45, 7) is 0. The molecule has 2 heterocycles. The lowest BCUT2D eigenvalue weighted by atomic mass is 10.0. The smallest absolute Gasteiger partial charge is 0.137 e. The standard InChI is InChI=1S/C46H29NOS/c1-2-10-30(11-3-1)31-20-22-35(23-21-31)47(37-24-25-39-42-27-32-12-4-5-13-33(32)28-43(42)48-44(39)29-37)36-15-8-14-34(26-36)38-17-9-18-41-40-16-6-7-19-45(40)49-46(38)41/h1-29H. The number of fused-ring (bicyclic) bond motifs is 7. The first-order valence-electron chi connectivity index (χ1n) is 16.6. The van der Waals surface area contributed by atoms with Crippen LogP contribution in [-0.4, -0.2) is 0 Å². The molecular formula is C46H29NOS. The van der Waals surface area contributed by atoms with Crippen LogP contribution in [0.2, 0.25) is 0 Å². The molecule has 230 valence electrons. The molecule has 2 aromatic heterocycles. The zero-order valence-electron chi connectivity index (χ0n) is 26.5. The Morgan fingerprint density at radius 3 is 1.92 bits per heavy atom. The van der Waals surface area contributed by atoms with Gasteiger partial charge in [-0.3, -0.25) is 0 Å². The Morgan fingerprint density at radius 2 is 1.04 bits per heavy atom. The number of rotatable bonds is 5. The Morgan fingerprint density at radius 1 is 0.388 bits per heavy atom. The molecule has 0 spiro atoms. The third-order valence-electron chi connectivity index (χ3n) is 9.63. The number of nitrogens with zero attached hydrogens (tertiary/aromatic N) is 1. The summed E-state index contributed by atoms with van der Waals surface area (Å²) in [6, 6.07) is 63.2. The van der Waals surface area contributed by atoms with Crippen molar-refractivity contribution in [2.24, 2.45) is 0 Å². The molecule has 0 amide bonds. The Balaban J connectivity index is 1.14. The Hall–Kier alpha value is -6.16. The van der Waals surface area contributed by atoms with Crippen molar-refractivity contribution in [2.75, 3.05) is 4.90 Å². The first kappa shape index (κ1) is 27.9. The van der Waals surface area contributed by atoms with Crippen molar-refractivity contribution < 1.29 is 4.42 Å². The third kappa shape index (κ3) is 4.70. The van der Waals surface area contributed by atoms with Gasteiger partial charge in [-0.1, -0.05) is 115 Å². The van der Waals surface area contributed by atoms with Gasteiger partial charge in [-0.05, 0) is 87.6 Å². The summed E-state index contributed by atoms with van der Waals surface area (Å²) in [5, 5.41) is 7.27. The average molecular weight is 644 g/mol. The molecular weight excluding hydrogens is 615 g/mol. The molecule has 8 aromatic carbocycles. The molecule has 0 aliphatic carbocycles. The van der Waals surface area contributed by atoms with E-state index in [1.165, 1.54) is 53.2 Å². The van der Waals surface area contributed by atoms with Crippen molar-refractivity contribution in [1.82, 2.24) is 0 Å². The maximum absolute atomic E-state index is 6.54. The van der Waals surface area contributed by atoms with Gasteiger partial charge in [0.1, 0.15) is 11.2 Å². The molecule has 3 heteroatoms. The largest absolute Gasteiger partial charge is 0.456 e. The van der Waals surface area contributed by atoms with Gasteiger partial charge in [0.2, 0.25) is 0 Å². The fourth-order valence-corrected chi connectivity index (χ4v) is 8.50. The highest BCUT2D eigenvalue weighted by atomic mass is 32.1. The summed E-state index contributed by atoms with van der Waals surface area (Å²) < 4.78 is 9.17. The monoisotopic (exact) mass is 643 g/mol. The lowest BCUT2D eigenvalue weighted by molar-refractivity contribution is 0.669. The van der Waals surface area contributed by atoms with Gasteiger partial charge in [-0.2, -0.15) is 0 Å². The second-order valence-electron chi connectivity index (χ2n) is 12.6. The van der Waals surface area contributed by atoms with Gasteiger partial charge in [0.15, 0.2) is 0 Å². The zero-order valence-corrected chi connectivity index (χ0v) is 27.3. The average Bonchev–Trinajstić information content (AvgIpc) is 3.72. The highest BCUT2D eigenvalue weighted by molar-refractivity contribution is 7.26. The fourth-order valence-electron chi connectivity index (χ4n) is 7.26. The number of benzene rings is 8. The summed E-state index contributed by atoms with van der Waals surface area (Å²) in [5.41, 5.74) is 9.83. The van der Waals surface area contributed by atoms with Crippen molar-refractivity contribution in [2.45, 2.75) is 0 Å². The minimum Gasteiger partial charge on any atom is -0.456 e. The van der Waals surface area contributed by atoms with E-state index in [0.717, 1.165) is 39.0 Å². The SMILES string of the molecule is c1ccc(-c2ccc(N(c3cccc(-c4cccc5c4sc4ccccc45)c3)c3ccc4c(c3)oc3cc5ccccc5cc34)cc2)cc1. The highest BCUT2D eigenvalue weighted by Crippen LogP contribution is 2.43. The van der Waals surface area contributed by atoms with E-state index in [1.54, 1.807) is 0 Å². The normalized spacial score (nSPS) is 11.7. The van der Waals surface area contributed by atoms with Gasteiger partial charge < -0.3 is 9.32 Å². The van der Waals surface area contributed by atoms with E-state index in [0.29, 0.717) is 0 Å². The topological polar surface area (TPSA) is 16.4 Å². The lowest BCUT2D eigenvalue weighted by Crippen LogP contribution is -2.10. The molecule has 10 aromatic rings. The first-order chi connectivity index (χ1) is 24.3. The van der Waals surface area contributed by atoms with E-state index >= 15 is 0 Å². The molecule has 2 nitrogen and oxygen atoms in total. The van der Waals surface area contributed by atoms with E-state index in [2.05, 4.69) is 181 Å². The van der Waals surface area contributed by atoms with Crippen LogP contribution in [0, 0.1) is 0 Å². The summed E-state index contributed by atoms with van der Waals surface area (Å²) in [4.78, 5) is 2.34. The van der Waals surface area contributed by atoms with Gasteiger partial charge in [0.25, 0.3) is 0 Å². The van der Waals surface area contributed by atoms with E-state index < -0.39 is 0 Å². The van der Waals surface area contributed by atoms with E-state index in [4.69, 9.17) is 4.42 Å². The minimum atomic E-state index is 0.875. The quantitative estimate of drug-likeness (QED) is 0.186. The van der Waals surface area contributed by atoms with Crippen LogP contribution in [0.5, 0.6) is 0 Å². The molecule has 0 saturated carbocycles. The molecule has 0 atom stereocenters. The second-order valence-corrected chi connectivity index (χ2v) is 13.6. The van der Waals surface area contributed by atoms with Crippen molar-refractivity contribution in [1.29, 1.82) is 0 Å². The minimum absolute atomic E-state index is 0.875. The van der Waals surface area contributed by atoms with Crippen LogP contribution in [0.15, 0.2) is 180 Å². The van der Waals surface area contributed by atoms with Gasteiger partial charge >= 0.3 is 0 Å². The Kier molecular flexibility index (Phi) is 6.39. The van der Waals surface area contributed by atoms with Crippen molar-refractivity contribution in [3.63, 3.8) is 0 Å². The molecule has 49 heavy (non-hydrogen) atoms. The van der Waals surface area contributed by atoms with Crippen molar-refractivity contribution in [3.8, 4) is 22.3 Å². The Labute approximate surface area is 287 Å². The Bertz CT molecular complexity index is 2830. The molecule has 0 aliphatic rings. The van der Waals surface area contributed by atoms with Crippen LogP contribution in [0.4, 0.5) is 17.1 Å². The van der Waals surface area contributed by atoms with Crippen LogP contribution in [0.1, 0.15) is 0 Å². The molecule has 0 unspecified atom stereocenters. The summed E-state index contributed by atoms with van der Waals surface area (Å²) >= 11 is 1.87. The fraction of sp³-hybridized carbons (Fsp3) is 0. The number of thiophene rings is 1. The summed E-state index contributed by atoms with van der Waals surface area (Å²) in [6.07, 6.45) is 0. The van der Waals surface area contributed by atoms with Crippen LogP contribution in [0.25, 0.3) is 75.1 Å². The number of anilines is 3. The number of hydrogen-bond acceptors (Lipinski definition) is 3. The second kappa shape index (κ2) is 11.2. The number of furan rings is 1.